The highest BCUT2D eigenvalue weighted by Gasteiger charge is 2.37. The third-order valence-corrected chi connectivity index (χ3v) is 3.69. The first-order chi connectivity index (χ1) is 8.35. The molecule has 0 saturated carbocycles. The predicted octanol–water partition coefficient (Wildman–Crippen LogP) is 2.93. The Hall–Kier alpha value is -1.52. The molecule has 0 aliphatic carbocycles. The Morgan fingerprint density at radius 1 is 1.44 bits per heavy atom. The van der Waals surface area contributed by atoms with E-state index in [-0.39, 0.29) is 0 Å². The molecule has 18 heavy (non-hydrogen) atoms. The number of hydrogen-bond acceptors (Lipinski definition) is 2. The van der Waals surface area contributed by atoms with Gasteiger partial charge in [0.1, 0.15) is 0 Å². The van der Waals surface area contributed by atoms with Gasteiger partial charge in [-0.2, -0.15) is 0 Å². The van der Waals surface area contributed by atoms with Gasteiger partial charge < -0.3 is 15.8 Å². The van der Waals surface area contributed by atoms with Crippen molar-refractivity contribution >= 4 is 28.5 Å². The van der Waals surface area contributed by atoms with E-state index in [9.17, 15) is 9.90 Å². The number of hydrogen-bond donors (Lipinski definition) is 3. The average molecular weight is 267 g/mol. The molecule has 1 aromatic heterocycles. The number of halogens is 1. The van der Waals surface area contributed by atoms with Crippen molar-refractivity contribution in [2.45, 2.75) is 19.9 Å². The summed E-state index contributed by atoms with van der Waals surface area (Å²) in [6, 6.07) is 4.76. The minimum Gasteiger partial charge on any atom is -0.481 e. The van der Waals surface area contributed by atoms with E-state index in [2.05, 4.69) is 4.98 Å². The molecule has 0 saturated heterocycles. The zero-order chi connectivity index (χ0) is 13.5. The molecule has 2 rings (SSSR count). The van der Waals surface area contributed by atoms with Crippen molar-refractivity contribution in [2.24, 2.45) is 11.1 Å². The third-order valence-electron chi connectivity index (χ3n) is 3.36. The molecule has 1 unspecified atom stereocenters. The van der Waals surface area contributed by atoms with Crippen LogP contribution in [0.5, 0.6) is 0 Å². The number of fused-ring (bicyclic) bond motifs is 1. The second kappa shape index (κ2) is 4.30. The zero-order valence-corrected chi connectivity index (χ0v) is 11.0. The molecule has 1 heterocycles. The minimum atomic E-state index is -1.09. The number of benzene rings is 1. The summed E-state index contributed by atoms with van der Waals surface area (Å²) >= 11 is 6.18. The summed E-state index contributed by atoms with van der Waals surface area (Å²) < 4.78 is 0. The summed E-state index contributed by atoms with van der Waals surface area (Å²) in [5, 5.41) is 10.6. The van der Waals surface area contributed by atoms with Gasteiger partial charge in [0.2, 0.25) is 0 Å². The zero-order valence-electron chi connectivity index (χ0n) is 10.2. The number of aliphatic carboxylic acids is 1. The predicted molar refractivity (Wildman–Crippen MR) is 71.7 cm³/mol. The number of nitrogens with two attached hydrogens (primary N) is 1. The van der Waals surface area contributed by atoms with E-state index in [1.165, 1.54) is 0 Å². The van der Waals surface area contributed by atoms with E-state index < -0.39 is 17.4 Å². The maximum atomic E-state index is 11.3. The minimum absolute atomic E-state index is 0.490. The molecule has 0 spiro atoms. The largest absolute Gasteiger partial charge is 0.481 e. The van der Waals surface area contributed by atoms with Gasteiger partial charge in [0.05, 0.1) is 5.41 Å². The van der Waals surface area contributed by atoms with Crippen LogP contribution in [0, 0.1) is 5.41 Å². The van der Waals surface area contributed by atoms with Crippen LogP contribution < -0.4 is 5.73 Å². The molecule has 1 atom stereocenters. The van der Waals surface area contributed by atoms with E-state index in [0.717, 1.165) is 10.9 Å². The van der Waals surface area contributed by atoms with E-state index in [0.29, 0.717) is 10.6 Å². The highest BCUT2D eigenvalue weighted by molar-refractivity contribution is 6.32. The quantitative estimate of drug-likeness (QED) is 0.799. The van der Waals surface area contributed by atoms with E-state index in [4.69, 9.17) is 17.3 Å². The number of carbonyl (C=O) groups is 1. The van der Waals surface area contributed by atoms with Crippen molar-refractivity contribution in [3.63, 3.8) is 0 Å². The Morgan fingerprint density at radius 3 is 2.72 bits per heavy atom. The molecule has 96 valence electrons. The van der Waals surface area contributed by atoms with Gasteiger partial charge in [-0.15, -0.1) is 0 Å². The monoisotopic (exact) mass is 266 g/mol. The molecule has 0 radical (unpaired) electrons. The van der Waals surface area contributed by atoms with Crippen molar-refractivity contribution < 1.29 is 9.90 Å². The average Bonchev–Trinajstić information content (AvgIpc) is 2.75. The van der Waals surface area contributed by atoms with Crippen LogP contribution >= 0.6 is 11.6 Å². The van der Waals surface area contributed by atoms with Crippen LogP contribution in [-0.4, -0.2) is 16.1 Å². The van der Waals surface area contributed by atoms with Crippen LogP contribution in [0.1, 0.15) is 25.5 Å². The molecule has 0 aliphatic heterocycles. The molecule has 4 nitrogen and oxygen atoms in total. The third kappa shape index (κ3) is 1.87. The molecule has 5 heteroatoms. The van der Waals surface area contributed by atoms with Gasteiger partial charge in [0, 0.05) is 28.2 Å². The van der Waals surface area contributed by atoms with Crippen LogP contribution in [0.3, 0.4) is 0 Å². The van der Waals surface area contributed by atoms with Crippen LogP contribution in [0.15, 0.2) is 24.4 Å². The summed E-state index contributed by atoms with van der Waals surface area (Å²) in [5.74, 6) is -0.946. The van der Waals surface area contributed by atoms with E-state index in [1.807, 2.05) is 12.1 Å². The fourth-order valence-corrected chi connectivity index (χ4v) is 2.22. The first-order valence-corrected chi connectivity index (χ1v) is 5.98. The van der Waals surface area contributed by atoms with E-state index in [1.54, 1.807) is 26.1 Å². The lowest BCUT2D eigenvalue weighted by Gasteiger charge is -2.28. The van der Waals surface area contributed by atoms with Crippen LogP contribution in [0.2, 0.25) is 5.02 Å². The fourth-order valence-electron chi connectivity index (χ4n) is 1.94. The van der Waals surface area contributed by atoms with Crippen molar-refractivity contribution in [3.8, 4) is 0 Å². The Balaban J connectivity index is 2.63. The summed E-state index contributed by atoms with van der Waals surface area (Å²) in [6.45, 7) is 3.20. The smallest absolute Gasteiger partial charge is 0.311 e. The number of H-pyrrole nitrogens is 1. The SMILES string of the molecule is CC(C)(C(=O)O)C(N)c1c(Cl)ccc2[nH]ccc12. The first-order valence-electron chi connectivity index (χ1n) is 5.60. The molecule has 0 fully saturated rings. The topological polar surface area (TPSA) is 79.1 Å². The van der Waals surface area contributed by atoms with Gasteiger partial charge in [-0.3, -0.25) is 4.79 Å². The maximum absolute atomic E-state index is 11.3. The van der Waals surface area contributed by atoms with E-state index >= 15 is 0 Å². The van der Waals surface area contributed by atoms with Crippen molar-refractivity contribution in [1.82, 2.24) is 4.98 Å². The van der Waals surface area contributed by atoms with Gasteiger partial charge in [-0.05, 0) is 37.6 Å². The Morgan fingerprint density at radius 2 is 2.11 bits per heavy atom. The number of aromatic nitrogens is 1. The van der Waals surface area contributed by atoms with Gasteiger partial charge >= 0.3 is 5.97 Å². The maximum Gasteiger partial charge on any atom is 0.311 e. The molecule has 2 aromatic rings. The summed E-state index contributed by atoms with van der Waals surface area (Å²) in [7, 11) is 0. The van der Waals surface area contributed by atoms with Crippen molar-refractivity contribution in [3.05, 3.63) is 35.0 Å². The van der Waals surface area contributed by atoms with Crippen molar-refractivity contribution in [2.75, 3.05) is 0 Å². The number of aromatic amines is 1. The second-order valence-corrected chi connectivity index (χ2v) is 5.31. The standard InChI is InChI=1S/C13H15ClN2O2/c1-13(2,12(17)18)11(15)10-7-5-6-16-9(7)4-3-8(10)14/h3-6,11,16H,15H2,1-2H3,(H,17,18). The summed E-state index contributed by atoms with van der Waals surface area (Å²) in [4.78, 5) is 14.4. The van der Waals surface area contributed by atoms with Crippen molar-refractivity contribution in [1.29, 1.82) is 0 Å². The number of rotatable bonds is 3. The highest BCUT2D eigenvalue weighted by atomic mass is 35.5. The normalized spacial score (nSPS) is 13.8. The Bertz CT molecular complexity index is 604. The molecule has 0 bridgehead atoms. The molecular formula is C13H15ClN2O2. The number of carboxylic acid groups (broad SMARTS) is 1. The van der Waals surface area contributed by atoms with Gasteiger partial charge in [0.15, 0.2) is 0 Å². The lowest BCUT2D eigenvalue weighted by Crippen LogP contribution is -2.36. The van der Waals surface area contributed by atoms with Crippen LogP contribution in [0.25, 0.3) is 10.9 Å². The molecule has 0 aliphatic rings. The summed E-state index contributed by atoms with van der Waals surface area (Å²) in [6.07, 6.45) is 1.78. The summed E-state index contributed by atoms with van der Waals surface area (Å²) in [5.41, 5.74) is 6.60. The van der Waals surface area contributed by atoms with Gasteiger partial charge in [-0.1, -0.05) is 11.6 Å². The molecule has 4 N–H and O–H groups in total. The van der Waals surface area contributed by atoms with Crippen LogP contribution in [-0.2, 0) is 4.79 Å². The number of nitrogens with one attached hydrogen (secondary N) is 1. The van der Waals surface area contributed by atoms with Gasteiger partial charge in [0.25, 0.3) is 0 Å². The Labute approximate surface area is 110 Å². The molecule has 0 amide bonds. The molecular weight excluding hydrogens is 252 g/mol. The lowest BCUT2D eigenvalue weighted by molar-refractivity contribution is -0.148. The fraction of sp³-hybridized carbons (Fsp3) is 0.308. The number of carboxylic acids is 1. The molecule has 1 aromatic carbocycles. The Kier molecular flexibility index (Phi) is 3.09. The second-order valence-electron chi connectivity index (χ2n) is 4.90. The lowest BCUT2D eigenvalue weighted by atomic mass is 9.80. The highest BCUT2D eigenvalue weighted by Crippen LogP contribution is 2.38. The van der Waals surface area contributed by atoms with Gasteiger partial charge in [-0.25, -0.2) is 0 Å². The van der Waals surface area contributed by atoms with Crippen LogP contribution in [0.4, 0.5) is 0 Å². The first kappa shape index (κ1) is 12.9.